The van der Waals surface area contributed by atoms with E-state index in [0.717, 1.165) is 6.07 Å². The maximum absolute atomic E-state index is 14.0. The van der Waals surface area contributed by atoms with Crippen LogP contribution < -0.4 is 11.1 Å². The van der Waals surface area contributed by atoms with Crippen LogP contribution in [0.2, 0.25) is 0 Å². The maximum atomic E-state index is 14.0. The quantitative estimate of drug-likeness (QED) is 0.867. The molecule has 3 N–H and O–H groups in total. The van der Waals surface area contributed by atoms with Crippen molar-refractivity contribution >= 4 is 17.3 Å². The molecule has 0 fully saturated rings. The first kappa shape index (κ1) is 18.5. The Bertz CT molecular complexity index is 730. The van der Waals surface area contributed by atoms with Crippen LogP contribution in [-0.4, -0.2) is 5.91 Å². The molecular formula is C17H19F3N2O. The molecule has 0 saturated heterocycles. The molecule has 0 aromatic heterocycles. The number of anilines is 2. The Balaban J connectivity index is 0.00000127. The Morgan fingerprint density at radius 2 is 1.61 bits per heavy atom. The molecule has 0 saturated carbocycles. The van der Waals surface area contributed by atoms with E-state index in [9.17, 15) is 18.0 Å². The Kier molecular flexibility index (Phi) is 6.18. The molecule has 124 valence electrons. The number of nitrogens with two attached hydrogens (primary N) is 1. The standard InChI is InChI=1S/C15H13F3N2O.C2H6/c1-7-3-4-11(10(17)5-7)20-12-6-9(16)8(2)14(18)13(12)15(19)21;1-2/h3-6,20H,1-2H3,(H2,19,21);1-2H3. The first-order valence-corrected chi connectivity index (χ1v) is 7.13. The third kappa shape index (κ3) is 4.03. The molecule has 0 aliphatic heterocycles. The fourth-order valence-electron chi connectivity index (χ4n) is 1.92. The van der Waals surface area contributed by atoms with Crippen molar-refractivity contribution in [3.8, 4) is 0 Å². The summed E-state index contributed by atoms with van der Waals surface area (Å²) in [6, 6.07) is 5.20. The van der Waals surface area contributed by atoms with Crippen LogP contribution in [0.15, 0.2) is 24.3 Å². The van der Waals surface area contributed by atoms with Crippen molar-refractivity contribution in [1.82, 2.24) is 0 Å². The van der Waals surface area contributed by atoms with Crippen LogP contribution in [0.1, 0.15) is 35.3 Å². The van der Waals surface area contributed by atoms with Crippen LogP contribution in [0.5, 0.6) is 0 Å². The van der Waals surface area contributed by atoms with Gasteiger partial charge < -0.3 is 11.1 Å². The number of amides is 1. The van der Waals surface area contributed by atoms with Crippen LogP contribution in [0.25, 0.3) is 0 Å². The molecular weight excluding hydrogens is 305 g/mol. The van der Waals surface area contributed by atoms with Crippen molar-refractivity contribution in [2.45, 2.75) is 27.7 Å². The highest BCUT2D eigenvalue weighted by Gasteiger charge is 2.20. The van der Waals surface area contributed by atoms with E-state index in [2.05, 4.69) is 5.32 Å². The normalized spacial score (nSPS) is 9.87. The van der Waals surface area contributed by atoms with Crippen molar-refractivity contribution in [2.75, 3.05) is 5.32 Å². The van der Waals surface area contributed by atoms with Crippen molar-refractivity contribution < 1.29 is 18.0 Å². The smallest absolute Gasteiger partial charge is 0.253 e. The highest BCUT2D eigenvalue weighted by atomic mass is 19.1. The van der Waals surface area contributed by atoms with Gasteiger partial charge in [0.05, 0.1) is 16.9 Å². The van der Waals surface area contributed by atoms with E-state index in [1.54, 1.807) is 13.0 Å². The number of rotatable bonds is 3. The summed E-state index contributed by atoms with van der Waals surface area (Å²) in [6.07, 6.45) is 0. The minimum Gasteiger partial charge on any atom is -0.365 e. The highest BCUT2D eigenvalue weighted by molar-refractivity contribution is 5.99. The molecule has 0 radical (unpaired) electrons. The summed E-state index contributed by atoms with van der Waals surface area (Å²) in [5.74, 6) is -3.58. The average Bonchev–Trinajstić information content (AvgIpc) is 2.49. The summed E-state index contributed by atoms with van der Waals surface area (Å²) in [4.78, 5) is 11.4. The topological polar surface area (TPSA) is 55.1 Å². The van der Waals surface area contributed by atoms with E-state index in [1.165, 1.54) is 19.1 Å². The minimum atomic E-state index is -1.06. The van der Waals surface area contributed by atoms with E-state index in [0.29, 0.717) is 5.56 Å². The minimum absolute atomic E-state index is 0.00856. The lowest BCUT2D eigenvalue weighted by Crippen LogP contribution is -2.17. The van der Waals surface area contributed by atoms with Crippen LogP contribution in [0, 0.1) is 31.3 Å². The first-order valence-electron chi connectivity index (χ1n) is 7.13. The van der Waals surface area contributed by atoms with Crippen molar-refractivity contribution in [3.63, 3.8) is 0 Å². The number of aryl methyl sites for hydroxylation is 1. The summed E-state index contributed by atoms with van der Waals surface area (Å²) in [6.45, 7) is 6.89. The molecule has 0 aliphatic carbocycles. The van der Waals surface area contributed by atoms with Gasteiger partial charge in [0.15, 0.2) is 0 Å². The summed E-state index contributed by atoms with van der Waals surface area (Å²) in [5, 5.41) is 2.50. The second-order valence-corrected chi connectivity index (χ2v) is 4.69. The predicted octanol–water partition coefficient (Wildman–Crippen LogP) is 4.59. The van der Waals surface area contributed by atoms with Gasteiger partial charge in [0.25, 0.3) is 5.91 Å². The molecule has 23 heavy (non-hydrogen) atoms. The molecule has 2 aromatic carbocycles. The van der Waals surface area contributed by atoms with E-state index in [1.807, 2.05) is 13.8 Å². The van der Waals surface area contributed by atoms with Crippen LogP contribution in [0.3, 0.4) is 0 Å². The SMILES string of the molecule is CC.Cc1ccc(Nc2cc(F)c(C)c(F)c2C(N)=O)c(F)c1. The van der Waals surface area contributed by atoms with Gasteiger partial charge in [-0.2, -0.15) is 0 Å². The Hall–Kier alpha value is -2.50. The van der Waals surface area contributed by atoms with E-state index >= 15 is 0 Å². The van der Waals surface area contributed by atoms with Gasteiger partial charge in [-0.25, -0.2) is 13.2 Å². The third-order valence-corrected chi connectivity index (χ3v) is 3.09. The second-order valence-electron chi connectivity index (χ2n) is 4.69. The number of carbonyl (C=O) groups excluding carboxylic acids is 1. The second kappa shape index (κ2) is 7.67. The Morgan fingerprint density at radius 3 is 2.13 bits per heavy atom. The molecule has 0 spiro atoms. The van der Waals surface area contributed by atoms with Gasteiger partial charge in [-0.3, -0.25) is 4.79 Å². The molecule has 3 nitrogen and oxygen atoms in total. The zero-order valence-electron chi connectivity index (χ0n) is 13.4. The number of hydrogen-bond acceptors (Lipinski definition) is 2. The van der Waals surface area contributed by atoms with Gasteiger partial charge in [-0.15, -0.1) is 0 Å². The third-order valence-electron chi connectivity index (χ3n) is 3.09. The van der Waals surface area contributed by atoms with Crippen LogP contribution in [-0.2, 0) is 0 Å². The van der Waals surface area contributed by atoms with Crippen LogP contribution in [0.4, 0.5) is 24.5 Å². The number of halogens is 3. The highest BCUT2D eigenvalue weighted by Crippen LogP contribution is 2.28. The maximum Gasteiger partial charge on any atom is 0.253 e. The van der Waals surface area contributed by atoms with Crippen LogP contribution >= 0.6 is 0 Å². The van der Waals surface area contributed by atoms with E-state index < -0.39 is 28.9 Å². The molecule has 0 bridgehead atoms. The number of hydrogen-bond donors (Lipinski definition) is 2. The number of nitrogens with one attached hydrogen (secondary N) is 1. The van der Waals surface area contributed by atoms with Gasteiger partial charge in [-0.1, -0.05) is 19.9 Å². The molecule has 0 unspecified atom stereocenters. The lowest BCUT2D eigenvalue weighted by Gasteiger charge is -2.14. The molecule has 6 heteroatoms. The first-order chi connectivity index (χ1) is 10.8. The van der Waals surface area contributed by atoms with Gasteiger partial charge >= 0.3 is 0 Å². The Labute approximate surface area is 133 Å². The average molecular weight is 324 g/mol. The fourth-order valence-corrected chi connectivity index (χ4v) is 1.92. The Morgan fingerprint density at radius 1 is 1.00 bits per heavy atom. The monoisotopic (exact) mass is 324 g/mol. The number of benzene rings is 2. The summed E-state index contributed by atoms with van der Waals surface area (Å²) in [7, 11) is 0. The predicted molar refractivity (Wildman–Crippen MR) is 85.4 cm³/mol. The molecule has 2 rings (SSSR count). The van der Waals surface area contributed by atoms with Crippen molar-refractivity contribution in [3.05, 3.63) is 58.4 Å². The molecule has 0 atom stereocenters. The van der Waals surface area contributed by atoms with Gasteiger partial charge in [0, 0.05) is 5.56 Å². The van der Waals surface area contributed by atoms with Crippen molar-refractivity contribution in [2.24, 2.45) is 5.73 Å². The molecule has 0 heterocycles. The molecule has 0 aliphatic rings. The number of carbonyl (C=O) groups is 1. The van der Waals surface area contributed by atoms with Gasteiger partial charge in [-0.05, 0) is 37.6 Å². The molecule has 1 amide bonds. The van der Waals surface area contributed by atoms with Gasteiger partial charge in [0.1, 0.15) is 17.5 Å². The zero-order valence-corrected chi connectivity index (χ0v) is 13.4. The van der Waals surface area contributed by atoms with E-state index in [4.69, 9.17) is 5.73 Å². The summed E-state index contributed by atoms with van der Waals surface area (Å²) >= 11 is 0. The summed E-state index contributed by atoms with van der Waals surface area (Å²) < 4.78 is 41.4. The van der Waals surface area contributed by atoms with E-state index in [-0.39, 0.29) is 16.9 Å². The lowest BCUT2D eigenvalue weighted by atomic mass is 10.1. The fraction of sp³-hybridized carbons (Fsp3) is 0.235. The largest absolute Gasteiger partial charge is 0.365 e. The molecule has 2 aromatic rings. The van der Waals surface area contributed by atoms with Crippen molar-refractivity contribution in [1.29, 1.82) is 0 Å². The summed E-state index contributed by atoms with van der Waals surface area (Å²) in [5.41, 5.74) is 4.75. The zero-order chi connectivity index (χ0) is 17.7. The van der Waals surface area contributed by atoms with Gasteiger partial charge in [0.2, 0.25) is 0 Å². The number of primary amides is 1. The lowest BCUT2D eigenvalue weighted by molar-refractivity contribution is 0.0997.